The number of fused-ring (bicyclic) bond motifs is 6. The third kappa shape index (κ3) is 4.92. The van der Waals surface area contributed by atoms with Crippen molar-refractivity contribution in [1.29, 1.82) is 0 Å². The Balaban J connectivity index is 1.13. The predicted octanol–water partition coefficient (Wildman–Crippen LogP) is 9.33. The molecule has 4 nitrogen and oxygen atoms in total. The van der Waals surface area contributed by atoms with Crippen LogP contribution in [0.4, 0.5) is 0 Å². The second kappa shape index (κ2) is 11.2. The molecule has 0 aliphatic carbocycles. The van der Waals surface area contributed by atoms with Gasteiger partial charge in [-0.05, 0) is 89.0 Å². The van der Waals surface area contributed by atoms with Gasteiger partial charge in [0.15, 0.2) is 18.7 Å². The summed E-state index contributed by atoms with van der Waals surface area (Å²) in [4.78, 5) is 2.28. The van der Waals surface area contributed by atoms with Crippen LogP contribution < -0.4 is 14.2 Å². The number of hydrogen-bond donors (Lipinski definition) is 0. The maximum atomic E-state index is 6.92. The summed E-state index contributed by atoms with van der Waals surface area (Å²) in [6, 6.07) is 51.4. The fourth-order valence-corrected chi connectivity index (χ4v) is 7.10. The summed E-state index contributed by atoms with van der Waals surface area (Å²) in [6.07, 6.45) is 1.47. The Morgan fingerprint density at radius 1 is 0.348 bits per heavy atom. The van der Waals surface area contributed by atoms with Crippen LogP contribution in [0.5, 0.6) is 17.2 Å². The summed E-state index contributed by atoms with van der Waals surface area (Å²) in [5.74, 6) is 2.56. The van der Waals surface area contributed by atoms with Crippen LogP contribution in [0.1, 0.15) is 68.8 Å². The Labute approximate surface area is 269 Å². The van der Waals surface area contributed by atoms with E-state index in [1.807, 2.05) is 0 Å². The molecule has 0 unspecified atom stereocenters. The van der Waals surface area contributed by atoms with Gasteiger partial charge in [0.2, 0.25) is 0 Å². The van der Waals surface area contributed by atoms with E-state index in [-0.39, 0.29) is 18.7 Å². The Morgan fingerprint density at radius 3 is 0.957 bits per heavy atom. The SMILES string of the molecule is c1ccc(Cc2ccc3c(c2)[C@H]2Oc4ccc(Cc5ccccc5)cc4[C@H]4Oc5ccc(Cc6ccccc6)cc5[C@@H](O3)N24)cc1. The van der Waals surface area contributed by atoms with Crippen LogP contribution in [0.15, 0.2) is 146 Å². The second-order valence-electron chi connectivity index (χ2n) is 12.5. The molecule has 224 valence electrons. The molecule has 0 fully saturated rings. The minimum atomic E-state index is -0.354. The molecule has 0 saturated heterocycles. The average molecular weight is 600 g/mol. The third-order valence-corrected chi connectivity index (χ3v) is 9.30. The summed E-state index contributed by atoms with van der Waals surface area (Å²) in [5, 5.41) is 0. The van der Waals surface area contributed by atoms with E-state index < -0.39 is 0 Å². The molecule has 3 aliphatic heterocycles. The zero-order valence-corrected chi connectivity index (χ0v) is 25.4. The van der Waals surface area contributed by atoms with E-state index in [0.717, 1.165) is 53.2 Å². The molecular weight excluding hydrogens is 566 g/mol. The lowest BCUT2D eigenvalue weighted by Gasteiger charge is -2.51. The summed E-state index contributed by atoms with van der Waals surface area (Å²) >= 11 is 0. The van der Waals surface area contributed by atoms with Crippen LogP contribution in [-0.2, 0) is 19.3 Å². The highest BCUT2D eigenvalue weighted by molar-refractivity contribution is 5.51. The zero-order valence-electron chi connectivity index (χ0n) is 25.4. The van der Waals surface area contributed by atoms with Crippen molar-refractivity contribution < 1.29 is 14.2 Å². The van der Waals surface area contributed by atoms with E-state index in [2.05, 4.69) is 150 Å². The molecule has 3 heterocycles. The topological polar surface area (TPSA) is 30.9 Å². The third-order valence-electron chi connectivity index (χ3n) is 9.30. The summed E-state index contributed by atoms with van der Waals surface area (Å²) in [5.41, 5.74) is 10.6. The molecule has 3 aliphatic rings. The van der Waals surface area contributed by atoms with Gasteiger partial charge in [0, 0.05) is 0 Å². The standard InChI is InChI=1S/C42H33NO3/c1-4-10-28(11-5-1)22-31-16-19-37-34(25-31)40-43-41(44-37)36-27-33(24-30-14-8-3-9-15-30)18-21-39(36)46-42(43)35-26-32(17-20-38(35)45-40)23-29-12-6-2-7-13-29/h1-21,25-27,40-42H,22-24H2/t40-,41-,42-/m1/s1. The maximum absolute atomic E-state index is 6.92. The summed E-state index contributed by atoms with van der Waals surface area (Å²) < 4.78 is 20.7. The molecule has 6 aromatic rings. The van der Waals surface area contributed by atoms with Crippen LogP contribution >= 0.6 is 0 Å². The summed E-state index contributed by atoms with van der Waals surface area (Å²) in [6.45, 7) is 0. The molecule has 0 aromatic heterocycles. The van der Waals surface area contributed by atoms with Crippen molar-refractivity contribution >= 4 is 0 Å². The minimum absolute atomic E-state index is 0.354. The molecule has 4 heteroatoms. The smallest absolute Gasteiger partial charge is 0.188 e. The summed E-state index contributed by atoms with van der Waals surface area (Å²) in [7, 11) is 0. The van der Waals surface area contributed by atoms with E-state index in [0.29, 0.717) is 0 Å². The lowest BCUT2D eigenvalue weighted by Crippen LogP contribution is -2.50. The van der Waals surface area contributed by atoms with Gasteiger partial charge in [-0.25, -0.2) is 0 Å². The normalized spacial score (nSPS) is 18.9. The molecule has 0 saturated carbocycles. The first-order valence-electron chi connectivity index (χ1n) is 16.0. The van der Waals surface area contributed by atoms with Crippen molar-refractivity contribution in [2.45, 2.75) is 37.9 Å². The largest absolute Gasteiger partial charge is 0.470 e. The van der Waals surface area contributed by atoms with Crippen LogP contribution in [-0.4, -0.2) is 4.90 Å². The Kier molecular flexibility index (Phi) is 6.60. The highest BCUT2D eigenvalue weighted by atomic mass is 16.6. The number of ether oxygens (including phenoxy) is 3. The molecule has 0 radical (unpaired) electrons. The van der Waals surface area contributed by atoms with E-state index in [1.165, 1.54) is 33.4 Å². The van der Waals surface area contributed by atoms with Crippen molar-refractivity contribution in [3.63, 3.8) is 0 Å². The zero-order chi connectivity index (χ0) is 30.5. The maximum Gasteiger partial charge on any atom is 0.188 e. The molecule has 46 heavy (non-hydrogen) atoms. The van der Waals surface area contributed by atoms with Gasteiger partial charge in [-0.15, -0.1) is 0 Å². The molecule has 0 bridgehead atoms. The predicted molar refractivity (Wildman–Crippen MR) is 179 cm³/mol. The minimum Gasteiger partial charge on any atom is -0.470 e. The molecule has 0 amide bonds. The van der Waals surface area contributed by atoms with Gasteiger partial charge in [-0.3, -0.25) is 0 Å². The van der Waals surface area contributed by atoms with Gasteiger partial charge in [0.05, 0.1) is 16.7 Å². The molecule has 6 aromatic carbocycles. The molecular formula is C42H33NO3. The lowest BCUT2D eigenvalue weighted by molar-refractivity contribution is -0.202. The average Bonchev–Trinajstić information content (AvgIpc) is 3.10. The fraction of sp³-hybridized carbons (Fsp3) is 0.143. The molecule has 0 N–H and O–H groups in total. The van der Waals surface area contributed by atoms with E-state index in [1.54, 1.807) is 0 Å². The quantitative estimate of drug-likeness (QED) is 0.191. The van der Waals surface area contributed by atoms with Gasteiger partial charge in [0.25, 0.3) is 0 Å². The van der Waals surface area contributed by atoms with Crippen molar-refractivity contribution in [3.05, 3.63) is 196 Å². The van der Waals surface area contributed by atoms with Crippen molar-refractivity contribution in [3.8, 4) is 17.2 Å². The first kappa shape index (κ1) is 27.0. The highest BCUT2D eigenvalue weighted by Gasteiger charge is 2.51. The van der Waals surface area contributed by atoms with Gasteiger partial charge in [-0.2, -0.15) is 4.90 Å². The van der Waals surface area contributed by atoms with E-state index in [4.69, 9.17) is 14.2 Å². The fourth-order valence-electron chi connectivity index (χ4n) is 7.10. The van der Waals surface area contributed by atoms with Gasteiger partial charge in [0.1, 0.15) is 17.2 Å². The van der Waals surface area contributed by atoms with Gasteiger partial charge in [-0.1, -0.05) is 109 Å². The number of rotatable bonds is 6. The van der Waals surface area contributed by atoms with Crippen molar-refractivity contribution in [2.24, 2.45) is 0 Å². The van der Waals surface area contributed by atoms with Crippen molar-refractivity contribution in [2.75, 3.05) is 0 Å². The van der Waals surface area contributed by atoms with Crippen LogP contribution in [0.25, 0.3) is 0 Å². The van der Waals surface area contributed by atoms with Crippen LogP contribution in [0.2, 0.25) is 0 Å². The number of benzene rings is 6. The Bertz CT molecular complexity index is 1790. The van der Waals surface area contributed by atoms with E-state index in [9.17, 15) is 0 Å². The molecule has 3 atom stereocenters. The van der Waals surface area contributed by atoms with Gasteiger partial charge >= 0.3 is 0 Å². The second-order valence-corrected chi connectivity index (χ2v) is 12.5. The lowest BCUT2D eigenvalue weighted by atomic mass is 9.94. The van der Waals surface area contributed by atoms with E-state index >= 15 is 0 Å². The van der Waals surface area contributed by atoms with Gasteiger partial charge < -0.3 is 14.2 Å². The number of hydrogen-bond acceptors (Lipinski definition) is 4. The van der Waals surface area contributed by atoms with Crippen LogP contribution in [0.3, 0.4) is 0 Å². The monoisotopic (exact) mass is 599 g/mol. The highest BCUT2D eigenvalue weighted by Crippen LogP contribution is 2.56. The Hall–Kier alpha value is -5.32. The molecule has 0 spiro atoms. The van der Waals surface area contributed by atoms with Crippen LogP contribution in [0, 0.1) is 0 Å². The first-order chi connectivity index (χ1) is 22.7. The Morgan fingerprint density at radius 2 is 0.652 bits per heavy atom. The van der Waals surface area contributed by atoms with Crippen molar-refractivity contribution in [1.82, 2.24) is 4.90 Å². The first-order valence-corrected chi connectivity index (χ1v) is 16.0. The molecule has 9 rings (SSSR count). The number of nitrogens with zero attached hydrogens (tertiary/aromatic N) is 1.